The SMILES string of the molecule is CC(C)(C)c1ccc(OCc2cnc[nH]2)cc1. The molecule has 3 nitrogen and oxygen atoms in total. The van der Waals surface area contributed by atoms with Crippen LogP contribution in [0.2, 0.25) is 0 Å². The first-order chi connectivity index (χ1) is 8.05. The van der Waals surface area contributed by atoms with Gasteiger partial charge in [-0.2, -0.15) is 0 Å². The second-order valence-electron chi connectivity index (χ2n) is 5.14. The van der Waals surface area contributed by atoms with Gasteiger partial charge >= 0.3 is 0 Å². The highest BCUT2D eigenvalue weighted by Crippen LogP contribution is 2.24. The van der Waals surface area contributed by atoms with Crippen LogP contribution in [0.3, 0.4) is 0 Å². The van der Waals surface area contributed by atoms with Crippen molar-refractivity contribution in [1.29, 1.82) is 0 Å². The van der Waals surface area contributed by atoms with Crippen LogP contribution in [0, 0.1) is 0 Å². The van der Waals surface area contributed by atoms with E-state index in [1.807, 2.05) is 12.1 Å². The summed E-state index contributed by atoms with van der Waals surface area (Å²) in [7, 11) is 0. The molecule has 0 aliphatic heterocycles. The van der Waals surface area contributed by atoms with E-state index in [-0.39, 0.29) is 5.41 Å². The van der Waals surface area contributed by atoms with Crippen molar-refractivity contribution in [3.63, 3.8) is 0 Å². The maximum absolute atomic E-state index is 5.65. The van der Waals surface area contributed by atoms with Gasteiger partial charge in [-0.15, -0.1) is 0 Å². The Morgan fingerprint density at radius 2 is 1.88 bits per heavy atom. The highest BCUT2D eigenvalue weighted by molar-refractivity contribution is 5.31. The van der Waals surface area contributed by atoms with Crippen molar-refractivity contribution < 1.29 is 4.74 Å². The van der Waals surface area contributed by atoms with Gasteiger partial charge in [-0.05, 0) is 23.1 Å². The normalized spacial score (nSPS) is 11.5. The number of aromatic nitrogens is 2. The van der Waals surface area contributed by atoms with Gasteiger partial charge in [-0.1, -0.05) is 32.9 Å². The molecule has 0 atom stereocenters. The number of rotatable bonds is 3. The molecule has 0 saturated carbocycles. The number of nitrogens with zero attached hydrogens (tertiary/aromatic N) is 1. The minimum atomic E-state index is 0.182. The molecule has 2 rings (SSSR count). The molecule has 3 heteroatoms. The highest BCUT2D eigenvalue weighted by Gasteiger charge is 2.12. The molecule has 1 N–H and O–H groups in total. The van der Waals surface area contributed by atoms with Crippen LogP contribution in [-0.2, 0) is 12.0 Å². The predicted octanol–water partition coefficient (Wildman–Crippen LogP) is 3.29. The van der Waals surface area contributed by atoms with Gasteiger partial charge in [0.2, 0.25) is 0 Å². The lowest BCUT2D eigenvalue weighted by molar-refractivity contribution is 0.301. The Morgan fingerprint density at radius 1 is 1.18 bits per heavy atom. The number of imidazole rings is 1. The molecule has 0 fully saturated rings. The number of benzene rings is 1. The summed E-state index contributed by atoms with van der Waals surface area (Å²) in [6.07, 6.45) is 3.42. The zero-order valence-electron chi connectivity index (χ0n) is 10.5. The average molecular weight is 230 g/mol. The quantitative estimate of drug-likeness (QED) is 0.878. The molecule has 1 heterocycles. The number of hydrogen-bond donors (Lipinski definition) is 1. The number of aromatic amines is 1. The van der Waals surface area contributed by atoms with E-state index in [1.165, 1.54) is 5.56 Å². The molecule has 17 heavy (non-hydrogen) atoms. The van der Waals surface area contributed by atoms with Gasteiger partial charge in [0.15, 0.2) is 0 Å². The van der Waals surface area contributed by atoms with E-state index < -0.39 is 0 Å². The van der Waals surface area contributed by atoms with Crippen LogP contribution >= 0.6 is 0 Å². The average Bonchev–Trinajstić information content (AvgIpc) is 2.78. The number of nitrogens with one attached hydrogen (secondary N) is 1. The number of hydrogen-bond acceptors (Lipinski definition) is 2. The lowest BCUT2D eigenvalue weighted by Gasteiger charge is -2.19. The maximum Gasteiger partial charge on any atom is 0.130 e. The summed E-state index contributed by atoms with van der Waals surface area (Å²) in [5, 5.41) is 0. The molecule has 0 spiro atoms. The van der Waals surface area contributed by atoms with Gasteiger partial charge in [-0.3, -0.25) is 0 Å². The standard InChI is InChI=1S/C14H18N2O/c1-14(2,3)11-4-6-13(7-5-11)17-9-12-8-15-10-16-12/h4-8,10H,9H2,1-3H3,(H,15,16). The molecular weight excluding hydrogens is 212 g/mol. The second kappa shape index (κ2) is 4.62. The fraction of sp³-hybridized carbons (Fsp3) is 0.357. The lowest BCUT2D eigenvalue weighted by Crippen LogP contribution is -2.10. The summed E-state index contributed by atoms with van der Waals surface area (Å²) in [4.78, 5) is 6.95. The fourth-order valence-corrected chi connectivity index (χ4v) is 1.58. The van der Waals surface area contributed by atoms with Gasteiger partial charge in [0.25, 0.3) is 0 Å². The van der Waals surface area contributed by atoms with Crippen LogP contribution in [0.5, 0.6) is 5.75 Å². The van der Waals surface area contributed by atoms with E-state index in [1.54, 1.807) is 12.5 Å². The zero-order chi connectivity index (χ0) is 12.3. The van der Waals surface area contributed by atoms with E-state index in [4.69, 9.17) is 4.74 Å². The van der Waals surface area contributed by atoms with Crippen molar-refractivity contribution in [2.24, 2.45) is 0 Å². The molecule has 1 aromatic heterocycles. The van der Waals surface area contributed by atoms with Crippen LogP contribution in [0.25, 0.3) is 0 Å². The number of ether oxygens (including phenoxy) is 1. The van der Waals surface area contributed by atoms with E-state index in [2.05, 4.69) is 42.9 Å². The Hall–Kier alpha value is -1.77. The zero-order valence-corrected chi connectivity index (χ0v) is 10.5. The van der Waals surface area contributed by atoms with Crippen LogP contribution < -0.4 is 4.74 Å². The fourth-order valence-electron chi connectivity index (χ4n) is 1.58. The third-order valence-corrected chi connectivity index (χ3v) is 2.67. The van der Waals surface area contributed by atoms with Crippen molar-refractivity contribution >= 4 is 0 Å². The van der Waals surface area contributed by atoms with Gasteiger partial charge in [0, 0.05) is 0 Å². The molecule has 0 aliphatic carbocycles. The van der Waals surface area contributed by atoms with Crippen LogP contribution in [0.4, 0.5) is 0 Å². The van der Waals surface area contributed by atoms with Gasteiger partial charge in [0.05, 0.1) is 18.2 Å². The molecule has 90 valence electrons. The Morgan fingerprint density at radius 3 is 2.41 bits per heavy atom. The Balaban J connectivity index is 1.99. The first-order valence-corrected chi connectivity index (χ1v) is 5.76. The monoisotopic (exact) mass is 230 g/mol. The summed E-state index contributed by atoms with van der Waals surface area (Å²) in [6.45, 7) is 7.13. The predicted molar refractivity (Wildman–Crippen MR) is 68.1 cm³/mol. The van der Waals surface area contributed by atoms with Crippen molar-refractivity contribution in [2.45, 2.75) is 32.8 Å². The summed E-state index contributed by atoms with van der Waals surface area (Å²) in [6, 6.07) is 8.25. The molecule has 0 bridgehead atoms. The number of H-pyrrole nitrogens is 1. The molecule has 0 aliphatic rings. The second-order valence-corrected chi connectivity index (χ2v) is 5.14. The third kappa shape index (κ3) is 3.09. The third-order valence-electron chi connectivity index (χ3n) is 2.67. The minimum absolute atomic E-state index is 0.182. The van der Waals surface area contributed by atoms with Gasteiger partial charge in [-0.25, -0.2) is 4.98 Å². The van der Waals surface area contributed by atoms with Crippen molar-refractivity contribution in [1.82, 2.24) is 9.97 Å². The Labute approximate surface area is 102 Å². The lowest BCUT2D eigenvalue weighted by atomic mass is 9.87. The maximum atomic E-state index is 5.65. The van der Waals surface area contributed by atoms with Crippen LogP contribution in [0.15, 0.2) is 36.8 Å². The molecule has 0 radical (unpaired) electrons. The summed E-state index contributed by atoms with van der Waals surface area (Å²) >= 11 is 0. The van der Waals surface area contributed by atoms with Crippen molar-refractivity contribution in [2.75, 3.05) is 0 Å². The van der Waals surface area contributed by atoms with E-state index in [0.29, 0.717) is 6.61 Å². The summed E-state index contributed by atoms with van der Waals surface area (Å²) < 4.78 is 5.65. The molecular formula is C14H18N2O. The Kier molecular flexibility index (Phi) is 3.18. The Bertz CT molecular complexity index is 452. The molecule has 1 aromatic carbocycles. The van der Waals surface area contributed by atoms with Crippen LogP contribution in [-0.4, -0.2) is 9.97 Å². The highest BCUT2D eigenvalue weighted by atomic mass is 16.5. The molecule has 2 aromatic rings. The van der Waals surface area contributed by atoms with Crippen molar-refractivity contribution in [3.8, 4) is 5.75 Å². The van der Waals surface area contributed by atoms with Crippen molar-refractivity contribution in [3.05, 3.63) is 48.0 Å². The van der Waals surface area contributed by atoms with Crippen LogP contribution in [0.1, 0.15) is 32.0 Å². The summed E-state index contributed by atoms with van der Waals surface area (Å²) in [5.74, 6) is 0.882. The minimum Gasteiger partial charge on any atom is -0.487 e. The first kappa shape index (κ1) is 11.7. The first-order valence-electron chi connectivity index (χ1n) is 5.76. The summed E-state index contributed by atoms with van der Waals surface area (Å²) in [5.41, 5.74) is 2.47. The largest absolute Gasteiger partial charge is 0.487 e. The van der Waals surface area contributed by atoms with Gasteiger partial charge < -0.3 is 9.72 Å². The van der Waals surface area contributed by atoms with E-state index in [0.717, 1.165) is 11.4 Å². The van der Waals surface area contributed by atoms with E-state index in [9.17, 15) is 0 Å². The molecule has 0 amide bonds. The molecule has 0 unspecified atom stereocenters. The van der Waals surface area contributed by atoms with Gasteiger partial charge in [0.1, 0.15) is 12.4 Å². The van der Waals surface area contributed by atoms with E-state index >= 15 is 0 Å². The topological polar surface area (TPSA) is 37.9 Å². The molecule has 0 saturated heterocycles. The smallest absolute Gasteiger partial charge is 0.130 e.